The lowest BCUT2D eigenvalue weighted by atomic mass is 10.3. The van der Waals surface area contributed by atoms with E-state index in [4.69, 9.17) is 28.6 Å². The fraction of sp³-hybridized carbons (Fsp3) is 0.182. The van der Waals surface area contributed by atoms with Crippen LogP contribution in [0.5, 0.6) is 5.75 Å². The zero-order valence-electron chi connectivity index (χ0n) is 10.0. The van der Waals surface area contributed by atoms with Gasteiger partial charge in [-0.3, -0.25) is 15.3 Å². The minimum Gasteiger partial charge on any atom is -0.484 e. The average molecular weight is 299 g/mol. The van der Waals surface area contributed by atoms with Crippen LogP contribution in [-0.4, -0.2) is 27.4 Å². The summed E-state index contributed by atoms with van der Waals surface area (Å²) < 4.78 is 7.00. The molecule has 1 aromatic heterocycles. The highest BCUT2D eigenvalue weighted by Gasteiger charge is 2.07. The first-order valence-electron chi connectivity index (χ1n) is 5.38. The van der Waals surface area contributed by atoms with E-state index < -0.39 is 0 Å². The van der Waals surface area contributed by atoms with E-state index in [2.05, 4.69) is 15.6 Å². The van der Waals surface area contributed by atoms with Crippen LogP contribution in [0.2, 0.25) is 5.02 Å². The van der Waals surface area contributed by atoms with Gasteiger partial charge in [0, 0.05) is 5.02 Å². The molecule has 1 amide bonds. The number of benzene rings is 1. The molecule has 0 aliphatic heterocycles. The zero-order chi connectivity index (χ0) is 13.8. The number of hydrogen-bond acceptors (Lipinski definition) is 4. The molecule has 6 nitrogen and oxygen atoms in total. The number of nitrogens with zero attached hydrogens (tertiary/aromatic N) is 2. The number of amides is 1. The van der Waals surface area contributed by atoms with Crippen molar-refractivity contribution in [2.75, 3.05) is 12.0 Å². The van der Waals surface area contributed by atoms with Crippen molar-refractivity contribution in [3.63, 3.8) is 0 Å². The van der Waals surface area contributed by atoms with Gasteiger partial charge in [-0.25, -0.2) is 4.68 Å². The molecule has 0 saturated carbocycles. The molecule has 0 unspecified atom stereocenters. The summed E-state index contributed by atoms with van der Waals surface area (Å²) in [5.74, 6) is 0.785. The molecule has 0 aliphatic carbocycles. The van der Waals surface area contributed by atoms with Crippen molar-refractivity contribution in [1.29, 1.82) is 0 Å². The van der Waals surface area contributed by atoms with Gasteiger partial charge in [0.15, 0.2) is 6.61 Å². The molecule has 0 atom stereocenters. The van der Waals surface area contributed by atoms with Gasteiger partial charge in [-0.15, -0.1) is 0 Å². The number of H-pyrrole nitrogens is 1. The first-order chi connectivity index (χ1) is 9.06. The number of rotatable bonds is 4. The fourth-order valence-electron chi connectivity index (χ4n) is 1.34. The smallest absolute Gasteiger partial charge is 0.276 e. The number of carbonyl (C=O) groups is 1. The summed E-state index contributed by atoms with van der Waals surface area (Å²) in [6.07, 6.45) is 0. The van der Waals surface area contributed by atoms with E-state index in [0.717, 1.165) is 0 Å². The molecule has 19 heavy (non-hydrogen) atoms. The highest BCUT2D eigenvalue weighted by atomic mass is 35.5. The van der Waals surface area contributed by atoms with Crippen molar-refractivity contribution in [1.82, 2.24) is 14.9 Å². The summed E-state index contributed by atoms with van der Waals surface area (Å²) in [5, 5.41) is 7.05. The summed E-state index contributed by atoms with van der Waals surface area (Å²) in [5.41, 5.74) is 2.57. The van der Waals surface area contributed by atoms with Crippen LogP contribution in [0.4, 0.5) is 0 Å². The number of hydrogen-bond donors (Lipinski definition) is 2. The van der Waals surface area contributed by atoms with E-state index in [1.807, 2.05) is 0 Å². The molecule has 0 saturated heterocycles. The minimum absolute atomic E-state index is 0.131. The summed E-state index contributed by atoms with van der Waals surface area (Å²) in [6, 6.07) is 6.74. The predicted molar refractivity (Wildman–Crippen MR) is 73.5 cm³/mol. The fourth-order valence-corrected chi connectivity index (χ4v) is 1.69. The molecule has 1 aromatic carbocycles. The van der Waals surface area contributed by atoms with Crippen LogP contribution in [0.3, 0.4) is 0 Å². The molecule has 100 valence electrons. The maximum Gasteiger partial charge on any atom is 0.276 e. The van der Waals surface area contributed by atoms with Crippen LogP contribution in [0.1, 0.15) is 5.82 Å². The normalized spacial score (nSPS) is 10.2. The van der Waals surface area contributed by atoms with E-state index in [0.29, 0.717) is 21.4 Å². The highest BCUT2D eigenvalue weighted by molar-refractivity contribution is 7.71. The Bertz CT molecular complexity index is 635. The summed E-state index contributed by atoms with van der Waals surface area (Å²) in [6.45, 7) is 1.58. The van der Waals surface area contributed by atoms with Gasteiger partial charge in [-0.2, -0.15) is 5.10 Å². The Morgan fingerprint density at radius 3 is 2.79 bits per heavy atom. The molecule has 1 heterocycles. The van der Waals surface area contributed by atoms with Gasteiger partial charge in [0.2, 0.25) is 4.77 Å². The molecule has 0 bridgehead atoms. The molecule has 0 aliphatic rings. The molecule has 0 radical (unpaired) electrons. The average Bonchev–Trinajstić information content (AvgIpc) is 2.70. The second kappa shape index (κ2) is 5.85. The van der Waals surface area contributed by atoms with Gasteiger partial charge in [0.25, 0.3) is 5.91 Å². The number of ether oxygens (including phenoxy) is 1. The summed E-state index contributed by atoms with van der Waals surface area (Å²) in [7, 11) is 0. The Morgan fingerprint density at radius 2 is 2.21 bits per heavy atom. The largest absolute Gasteiger partial charge is 0.484 e. The molecule has 2 N–H and O–H groups in total. The Hall–Kier alpha value is -1.86. The van der Waals surface area contributed by atoms with Crippen molar-refractivity contribution in [3.05, 3.63) is 39.9 Å². The van der Waals surface area contributed by atoms with E-state index in [1.54, 1.807) is 31.2 Å². The first-order valence-corrected chi connectivity index (χ1v) is 6.17. The number of aromatic amines is 1. The lowest BCUT2D eigenvalue weighted by molar-refractivity contribution is -0.119. The predicted octanol–water partition coefficient (Wildman–Crippen LogP) is 2.05. The van der Waals surface area contributed by atoms with Crippen LogP contribution >= 0.6 is 23.8 Å². The van der Waals surface area contributed by atoms with Crippen LogP contribution in [0.15, 0.2) is 24.3 Å². The van der Waals surface area contributed by atoms with Crippen LogP contribution in [0, 0.1) is 11.7 Å². The van der Waals surface area contributed by atoms with Crippen molar-refractivity contribution in [3.8, 4) is 5.75 Å². The number of halogens is 1. The zero-order valence-corrected chi connectivity index (χ0v) is 11.6. The monoisotopic (exact) mass is 298 g/mol. The van der Waals surface area contributed by atoms with Gasteiger partial charge >= 0.3 is 0 Å². The first kappa shape index (κ1) is 13.6. The van der Waals surface area contributed by atoms with Gasteiger partial charge in [0.1, 0.15) is 11.6 Å². The van der Waals surface area contributed by atoms with Gasteiger partial charge in [0.05, 0.1) is 0 Å². The van der Waals surface area contributed by atoms with E-state index in [1.165, 1.54) is 4.68 Å². The van der Waals surface area contributed by atoms with Crippen molar-refractivity contribution in [2.45, 2.75) is 6.92 Å². The molecule has 0 spiro atoms. The molecular formula is C11H11ClN4O2S. The number of carbonyl (C=O) groups excluding carboxylic acids is 1. The van der Waals surface area contributed by atoms with E-state index in [-0.39, 0.29) is 12.5 Å². The van der Waals surface area contributed by atoms with E-state index >= 15 is 0 Å². The van der Waals surface area contributed by atoms with Crippen LogP contribution < -0.4 is 10.2 Å². The van der Waals surface area contributed by atoms with Crippen molar-refractivity contribution in [2.24, 2.45) is 0 Å². The highest BCUT2D eigenvalue weighted by Crippen LogP contribution is 2.15. The lowest BCUT2D eigenvalue weighted by Gasteiger charge is -2.08. The third-order valence-electron chi connectivity index (χ3n) is 2.26. The third kappa shape index (κ3) is 3.55. The number of aromatic nitrogens is 3. The SMILES string of the molecule is Cc1n[nH]c(=S)n1NC(=O)COc1ccc(Cl)cc1. The van der Waals surface area contributed by atoms with Gasteiger partial charge in [-0.05, 0) is 43.4 Å². The second-order valence-electron chi connectivity index (χ2n) is 3.69. The Kier molecular flexibility index (Phi) is 4.18. The van der Waals surface area contributed by atoms with E-state index in [9.17, 15) is 4.79 Å². The molecular weight excluding hydrogens is 288 g/mol. The van der Waals surface area contributed by atoms with Crippen LogP contribution in [-0.2, 0) is 4.79 Å². The Balaban J connectivity index is 1.92. The quantitative estimate of drug-likeness (QED) is 0.848. The molecule has 2 aromatic rings. The minimum atomic E-state index is -0.337. The topological polar surface area (TPSA) is 71.9 Å². The number of nitrogens with one attached hydrogen (secondary N) is 2. The standard InChI is InChI=1S/C11H11ClN4O2S/c1-7-13-14-11(19)16(7)15-10(17)6-18-9-4-2-8(12)3-5-9/h2-5H,6H2,1H3,(H,14,19)(H,15,17). The third-order valence-corrected chi connectivity index (χ3v) is 2.79. The second-order valence-corrected chi connectivity index (χ2v) is 4.51. The maximum absolute atomic E-state index is 11.7. The van der Waals surface area contributed by atoms with Gasteiger partial charge < -0.3 is 4.74 Å². The van der Waals surface area contributed by atoms with Crippen molar-refractivity contribution < 1.29 is 9.53 Å². The van der Waals surface area contributed by atoms with Gasteiger partial charge in [-0.1, -0.05) is 11.6 Å². The summed E-state index contributed by atoms with van der Waals surface area (Å²) in [4.78, 5) is 11.7. The lowest BCUT2D eigenvalue weighted by Crippen LogP contribution is -2.28. The number of aryl methyl sites for hydroxylation is 1. The Labute approximate surface area is 119 Å². The molecule has 2 rings (SSSR count). The Morgan fingerprint density at radius 1 is 1.53 bits per heavy atom. The maximum atomic E-state index is 11.7. The summed E-state index contributed by atoms with van der Waals surface area (Å²) >= 11 is 10.7. The molecule has 0 fully saturated rings. The molecule has 8 heteroatoms. The van der Waals surface area contributed by atoms with Crippen molar-refractivity contribution >= 4 is 29.7 Å². The van der Waals surface area contributed by atoms with Crippen LogP contribution in [0.25, 0.3) is 0 Å².